The molecule has 0 fully saturated rings. The van der Waals surface area contributed by atoms with Gasteiger partial charge in [-0.2, -0.15) is 16.8 Å². The highest BCUT2D eigenvalue weighted by Crippen LogP contribution is 2.22. The molecule has 36 heavy (non-hydrogen) atoms. The number of nitrogens with zero attached hydrogens (tertiary/aromatic N) is 1. The number of rotatable bonds is 14. The third-order valence-corrected chi connectivity index (χ3v) is 5.81. The molecule has 0 aliphatic heterocycles. The maximum absolute atomic E-state index is 12.2. The Balaban J connectivity index is 3.15. The van der Waals surface area contributed by atoms with Gasteiger partial charge >= 0.3 is 12.1 Å². The molecule has 2 N–H and O–H groups in total. The van der Waals surface area contributed by atoms with Crippen LogP contribution in [0.1, 0.15) is 38.3 Å². The van der Waals surface area contributed by atoms with Crippen LogP contribution in [0.5, 0.6) is 0 Å². The predicted octanol–water partition coefficient (Wildman–Crippen LogP) is 1.66. The molecule has 14 heteroatoms. The summed E-state index contributed by atoms with van der Waals surface area (Å²) >= 11 is 0. The first-order valence-electron chi connectivity index (χ1n) is 11.1. The monoisotopic (exact) mass is 552 g/mol. The molecule has 0 unspecified atom stereocenters. The molecule has 0 bridgehead atoms. The largest absolute Gasteiger partial charge is 0.481 e. The average molecular weight is 553 g/mol. The number of carboxylic acids is 1. The van der Waals surface area contributed by atoms with Gasteiger partial charge in [0.1, 0.15) is 5.60 Å². The van der Waals surface area contributed by atoms with E-state index < -0.39 is 43.9 Å². The minimum atomic E-state index is -3.67. The second-order valence-electron chi connectivity index (χ2n) is 9.30. The number of carbonyl (C=O) groups is 2. The van der Waals surface area contributed by atoms with Crippen molar-refractivity contribution in [2.75, 3.05) is 43.7 Å². The van der Waals surface area contributed by atoms with Gasteiger partial charge in [-0.3, -0.25) is 13.2 Å². The minimum Gasteiger partial charge on any atom is -0.481 e. The molecule has 0 aliphatic carbocycles. The quantitative estimate of drug-likeness (QED) is 0.322. The van der Waals surface area contributed by atoms with E-state index >= 15 is 0 Å². The smallest absolute Gasteiger partial charge is 0.407 e. The summed E-state index contributed by atoms with van der Waals surface area (Å²) in [6.45, 7) is 6.78. The summed E-state index contributed by atoms with van der Waals surface area (Å²) in [6.07, 6.45) is 0.957. The Morgan fingerprint density at radius 3 is 2.00 bits per heavy atom. The summed E-state index contributed by atoms with van der Waals surface area (Å²) in [6, 6.07) is 4.55. The van der Waals surface area contributed by atoms with Crippen molar-refractivity contribution in [3.8, 4) is 0 Å². The highest BCUT2D eigenvalue weighted by molar-refractivity contribution is 7.86. The summed E-state index contributed by atoms with van der Waals surface area (Å²) in [7, 11) is -7.35. The lowest BCUT2D eigenvalue weighted by molar-refractivity contribution is -0.137. The first-order valence-corrected chi connectivity index (χ1v) is 14.7. The molecule has 1 aromatic rings. The number of aliphatic carboxylic acids is 1. The van der Waals surface area contributed by atoms with Gasteiger partial charge in [-0.1, -0.05) is 6.07 Å². The van der Waals surface area contributed by atoms with Crippen LogP contribution in [0.4, 0.5) is 10.5 Å². The van der Waals surface area contributed by atoms with Gasteiger partial charge < -0.3 is 20.1 Å². The first-order chi connectivity index (χ1) is 16.3. The summed E-state index contributed by atoms with van der Waals surface area (Å²) < 4.78 is 60.2. The normalized spacial score (nSPS) is 13.2. The number of carboxylic acid groups (broad SMARTS) is 1. The van der Waals surface area contributed by atoms with E-state index in [1.807, 2.05) is 6.92 Å². The van der Waals surface area contributed by atoms with Gasteiger partial charge in [-0.15, -0.1) is 0 Å². The maximum atomic E-state index is 12.2. The Kier molecular flexibility index (Phi) is 11.6. The minimum absolute atomic E-state index is 0.109. The number of hydrogen-bond acceptors (Lipinski definition) is 10. The van der Waals surface area contributed by atoms with Crippen molar-refractivity contribution in [1.82, 2.24) is 5.32 Å². The molecule has 0 spiro atoms. The van der Waals surface area contributed by atoms with Gasteiger partial charge in [0, 0.05) is 24.8 Å². The van der Waals surface area contributed by atoms with Crippen molar-refractivity contribution in [3.63, 3.8) is 0 Å². The van der Waals surface area contributed by atoms with Crippen LogP contribution >= 0.6 is 0 Å². The number of anilines is 1. The second kappa shape index (κ2) is 13.2. The van der Waals surface area contributed by atoms with Crippen molar-refractivity contribution in [1.29, 1.82) is 0 Å². The zero-order valence-corrected chi connectivity index (χ0v) is 23.1. The zero-order chi connectivity index (χ0) is 27.7. The number of alkyl carbamates (subject to hydrolysis) is 1. The molecule has 0 radical (unpaired) electrons. The third kappa shape index (κ3) is 14.2. The van der Waals surface area contributed by atoms with Crippen LogP contribution < -0.4 is 10.2 Å². The standard InChI is InChI=1S/C22H36N2O10S2/c1-16-7-8-19(24(9-11-32-35(5,28)29)10-12-33-36(6,30)31)14-17(16)13-18(15-20(25)26)23-21(27)34-22(2,3)4/h7-8,14,18H,9-13,15H2,1-6H3,(H,23,27)(H,25,26)/t18-/m1/s1. The zero-order valence-electron chi connectivity index (χ0n) is 21.4. The Morgan fingerprint density at radius 1 is 1.03 bits per heavy atom. The molecule has 0 aliphatic rings. The average Bonchev–Trinajstić information content (AvgIpc) is 2.64. The number of carbonyl (C=O) groups excluding carboxylic acids is 1. The molecule has 12 nitrogen and oxygen atoms in total. The van der Waals surface area contributed by atoms with Gasteiger partial charge in [0.25, 0.3) is 20.2 Å². The van der Waals surface area contributed by atoms with Crippen LogP contribution in [0.15, 0.2) is 18.2 Å². The summed E-state index contributed by atoms with van der Waals surface area (Å²) in [5.41, 5.74) is 1.42. The molecule has 206 valence electrons. The Hall–Kier alpha value is -2.42. The fourth-order valence-electron chi connectivity index (χ4n) is 3.17. The lowest BCUT2D eigenvalue weighted by Gasteiger charge is -2.26. The number of nitrogens with one attached hydrogen (secondary N) is 1. The van der Waals surface area contributed by atoms with E-state index in [1.54, 1.807) is 43.9 Å². The van der Waals surface area contributed by atoms with Crippen molar-refractivity contribution < 1.29 is 44.6 Å². The summed E-state index contributed by atoms with van der Waals surface area (Å²) in [4.78, 5) is 25.3. The Bertz CT molecular complexity index is 1070. The van der Waals surface area contributed by atoms with Crippen molar-refractivity contribution in [3.05, 3.63) is 29.3 Å². The van der Waals surface area contributed by atoms with Gasteiger partial charge in [0.15, 0.2) is 0 Å². The van der Waals surface area contributed by atoms with E-state index in [0.717, 1.165) is 23.6 Å². The van der Waals surface area contributed by atoms with E-state index in [-0.39, 0.29) is 39.1 Å². The maximum Gasteiger partial charge on any atom is 0.407 e. The molecule has 0 saturated heterocycles. The molecule has 0 saturated carbocycles. The highest BCUT2D eigenvalue weighted by Gasteiger charge is 2.22. The third-order valence-electron chi connectivity index (χ3n) is 4.62. The molecule has 0 heterocycles. The highest BCUT2D eigenvalue weighted by atomic mass is 32.2. The van der Waals surface area contributed by atoms with Crippen LogP contribution in [0.3, 0.4) is 0 Å². The number of ether oxygens (including phenoxy) is 1. The van der Waals surface area contributed by atoms with Gasteiger partial charge in [0.2, 0.25) is 0 Å². The van der Waals surface area contributed by atoms with E-state index in [4.69, 9.17) is 13.1 Å². The Labute approximate surface area is 213 Å². The van der Waals surface area contributed by atoms with Crippen LogP contribution in [0, 0.1) is 6.92 Å². The van der Waals surface area contributed by atoms with Crippen LogP contribution in [-0.2, 0) is 44.6 Å². The molecule has 1 aromatic carbocycles. The fourth-order valence-corrected chi connectivity index (χ4v) is 3.92. The van der Waals surface area contributed by atoms with Crippen LogP contribution in [0.25, 0.3) is 0 Å². The van der Waals surface area contributed by atoms with Crippen LogP contribution in [0.2, 0.25) is 0 Å². The van der Waals surface area contributed by atoms with Gasteiger partial charge in [-0.25, -0.2) is 4.79 Å². The van der Waals surface area contributed by atoms with Gasteiger partial charge in [-0.05, 0) is 57.4 Å². The SMILES string of the molecule is Cc1ccc(N(CCOS(C)(=O)=O)CCOS(C)(=O)=O)cc1C[C@H](CC(=O)O)NC(=O)OC(C)(C)C. The molecule has 1 rings (SSSR count). The summed E-state index contributed by atoms with van der Waals surface area (Å²) in [5, 5.41) is 11.9. The number of benzene rings is 1. The number of amides is 1. The first kappa shape index (κ1) is 31.6. The van der Waals surface area contributed by atoms with Crippen LogP contribution in [-0.4, -0.2) is 84.5 Å². The molecular formula is C22H36N2O10S2. The topological polar surface area (TPSA) is 166 Å². The number of hydrogen-bond donors (Lipinski definition) is 2. The molecule has 0 aromatic heterocycles. The van der Waals surface area contributed by atoms with E-state index in [2.05, 4.69) is 5.32 Å². The molecular weight excluding hydrogens is 516 g/mol. The molecule has 1 amide bonds. The lowest BCUT2D eigenvalue weighted by atomic mass is 9.98. The summed E-state index contributed by atoms with van der Waals surface area (Å²) in [5.74, 6) is -1.10. The van der Waals surface area contributed by atoms with Gasteiger partial charge in [0.05, 0.1) is 32.1 Å². The van der Waals surface area contributed by atoms with Crippen molar-refractivity contribution in [2.45, 2.75) is 52.2 Å². The fraction of sp³-hybridized carbons (Fsp3) is 0.636. The second-order valence-corrected chi connectivity index (χ2v) is 12.6. The van der Waals surface area contributed by atoms with Crippen molar-refractivity contribution >= 4 is 38.0 Å². The Morgan fingerprint density at radius 2 is 1.56 bits per heavy atom. The van der Waals surface area contributed by atoms with Crippen molar-refractivity contribution in [2.24, 2.45) is 0 Å². The van der Waals surface area contributed by atoms with E-state index in [1.165, 1.54) is 0 Å². The lowest BCUT2D eigenvalue weighted by Crippen LogP contribution is -2.41. The molecule has 1 atom stereocenters. The van der Waals surface area contributed by atoms with E-state index in [9.17, 15) is 31.5 Å². The number of aryl methyl sites for hydroxylation is 1. The van der Waals surface area contributed by atoms with E-state index in [0.29, 0.717) is 5.69 Å². The predicted molar refractivity (Wildman–Crippen MR) is 134 cm³/mol.